The molecular formula is C13H16N4S. The quantitative estimate of drug-likeness (QED) is 0.856. The molecule has 0 fully saturated rings. The fraction of sp³-hybridized carbons (Fsp3) is 0.308. The number of aryl methyl sites for hydroxylation is 1. The molecule has 18 heavy (non-hydrogen) atoms. The smallest absolute Gasteiger partial charge is 0.192 e. The SMILES string of the molecule is CNC(C)c1ccc(Sc2ncc(C)cn2)cn1. The van der Waals surface area contributed by atoms with Crippen molar-refractivity contribution < 1.29 is 0 Å². The van der Waals surface area contributed by atoms with E-state index in [1.165, 1.54) is 11.8 Å². The van der Waals surface area contributed by atoms with Gasteiger partial charge in [0.25, 0.3) is 0 Å². The standard InChI is InChI=1S/C13H16N4S/c1-9-6-16-13(17-7-9)18-11-4-5-12(15-8-11)10(2)14-3/h4-8,10,14H,1-3H3. The maximum Gasteiger partial charge on any atom is 0.192 e. The second-order valence-corrected chi connectivity index (χ2v) is 5.11. The first kappa shape index (κ1) is 13.0. The second kappa shape index (κ2) is 5.93. The van der Waals surface area contributed by atoms with Crippen LogP contribution >= 0.6 is 11.8 Å². The molecule has 2 aromatic rings. The lowest BCUT2D eigenvalue weighted by Gasteiger charge is -2.09. The maximum absolute atomic E-state index is 4.42. The molecule has 2 heterocycles. The summed E-state index contributed by atoms with van der Waals surface area (Å²) in [5.41, 5.74) is 2.10. The van der Waals surface area contributed by atoms with Gasteiger partial charge in [-0.1, -0.05) is 0 Å². The Morgan fingerprint density at radius 1 is 1.11 bits per heavy atom. The van der Waals surface area contributed by atoms with Crippen LogP contribution in [0.15, 0.2) is 40.8 Å². The summed E-state index contributed by atoms with van der Waals surface area (Å²) in [5, 5.41) is 3.91. The molecule has 4 nitrogen and oxygen atoms in total. The molecule has 1 atom stereocenters. The van der Waals surface area contributed by atoms with Crippen LogP contribution in [0.4, 0.5) is 0 Å². The van der Waals surface area contributed by atoms with E-state index in [1.54, 1.807) is 0 Å². The zero-order chi connectivity index (χ0) is 13.0. The van der Waals surface area contributed by atoms with Gasteiger partial charge in [0.05, 0.1) is 5.69 Å². The molecule has 5 heteroatoms. The van der Waals surface area contributed by atoms with Crippen molar-refractivity contribution >= 4 is 11.8 Å². The third kappa shape index (κ3) is 3.27. The van der Waals surface area contributed by atoms with Gasteiger partial charge in [0.2, 0.25) is 0 Å². The second-order valence-electron chi connectivity index (χ2n) is 4.07. The fourth-order valence-electron chi connectivity index (χ4n) is 1.39. The molecule has 1 unspecified atom stereocenters. The van der Waals surface area contributed by atoms with Crippen molar-refractivity contribution in [2.45, 2.75) is 29.9 Å². The summed E-state index contributed by atoms with van der Waals surface area (Å²) in [5.74, 6) is 0. The van der Waals surface area contributed by atoms with Crippen LogP contribution in [0.1, 0.15) is 24.2 Å². The third-order valence-corrected chi connectivity index (χ3v) is 3.47. The number of hydrogen-bond donors (Lipinski definition) is 1. The minimum absolute atomic E-state index is 0.264. The highest BCUT2D eigenvalue weighted by Crippen LogP contribution is 2.24. The van der Waals surface area contributed by atoms with Gasteiger partial charge in [-0.3, -0.25) is 4.98 Å². The summed E-state index contributed by atoms with van der Waals surface area (Å²) in [6, 6.07) is 4.33. The number of hydrogen-bond acceptors (Lipinski definition) is 5. The van der Waals surface area contributed by atoms with Gasteiger partial charge in [0, 0.05) is 29.5 Å². The van der Waals surface area contributed by atoms with E-state index in [0.29, 0.717) is 0 Å². The summed E-state index contributed by atoms with van der Waals surface area (Å²) in [4.78, 5) is 14.0. The largest absolute Gasteiger partial charge is 0.312 e. The first-order valence-electron chi connectivity index (χ1n) is 5.79. The van der Waals surface area contributed by atoms with Crippen LogP contribution in [-0.2, 0) is 0 Å². The molecule has 0 aliphatic carbocycles. The molecule has 0 radical (unpaired) electrons. The van der Waals surface area contributed by atoms with E-state index in [-0.39, 0.29) is 6.04 Å². The molecule has 2 rings (SSSR count). The van der Waals surface area contributed by atoms with Crippen LogP contribution in [-0.4, -0.2) is 22.0 Å². The average molecular weight is 260 g/mol. The number of nitrogens with one attached hydrogen (secondary N) is 1. The highest BCUT2D eigenvalue weighted by Gasteiger charge is 2.05. The minimum Gasteiger partial charge on any atom is -0.312 e. The lowest BCUT2D eigenvalue weighted by atomic mass is 10.2. The molecule has 0 saturated carbocycles. The monoisotopic (exact) mass is 260 g/mol. The highest BCUT2D eigenvalue weighted by molar-refractivity contribution is 7.99. The van der Waals surface area contributed by atoms with E-state index in [4.69, 9.17) is 0 Å². The fourth-order valence-corrected chi connectivity index (χ4v) is 2.06. The van der Waals surface area contributed by atoms with Crippen molar-refractivity contribution in [3.05, 3.63) is 42.0 Å². The van der Waals surface area contributed by atoms with E-state index in [1.807, 2.05) is 44.7 Å². The molecule has 1 N–H and O–H groups in total. The summed E-state index contributed by atoms with van der Waals surface area (Å²) in [7, 11) is 1.93. The minimum atomic E-state index is 0.264. The van der Waals surface area contributed by atoms with Crippen LogP contribution in [0.3, 0.4) is 0 Å². The van der Waals surface area contributed by atoms with E-state index in [9.17, 15) is 0 Å². The first-order valence-corrected chi connectivity index (χ1v) is 6.60. The van der Waals surface area contributed by atoms with Crippen LogP contribution in [0, 0.1) is 6.92 Å². The van der Waals surface area contributed by atoms with Crippen molar-refractivity contribution in [2.75, 3.05) is 7.05 Å². The number of rotatable bonds is 4. The Bertz CT molecular complexity index is 495. The van der Waals surface area contributed by atoms with Crippen LogP contribution in [0.25, 0.3) is 0 Å². The van der Waals surface area contributed by atoms with Gasteiger partial charge in [-0.25, -0.2) is 9.97 Å². The molecular weight excluding hydrogens is 244 g/mol. The number of nitrogens with zero attached hydrogens (tertiary/aromatic N) is 3. The summed E-state index contributed by atoms with van der Waals surface area (Å²) < 4.78 is 0. The zero-order valence-corrected chi connectivity index (χ0v) is 11.5. The first-order chi connectivity index (χ1) is 8.69. The summed E-state index contributed by atoms with van der Waals surface area (Å²) >= 11 is 1.52. The van der Waals surface area contributed by atoms with E-state index in [2.05, 4.69) is 27.2 Å². The average Bonchev–Trinajstić information content (AvgIpc) is 2.41. The Labute approximate surface area is 111 Å². The third-order valence-electron chi connectivity index (χ3n) is 2.60. The van der Waals surface area contributed by atoms with Crippen molar-refractivity contribution in [3.63, 3.8) is 0 Å². The van der Waals surface area contributed by atoms with Crippen LogP contribution in [0.2, 0.25) is 0 Å². The van der Waals surface area contributed by atoms with Crippen molar-refractivity contribution in [1.29, 1.82) is 0 Å². The molecule has 0 spiro atoms. The van der Waals surface area contributed by atoms with Gasteiger partial charge in [-0.05, 0) is 50.4 Å². The van der Waals surface area contributed by atoms with Crippen molar-refractivity contribution in [2.24, 2.45) is 0 Å². The lowest BCUT2D eigenvalue weighted by molar-refractivity contribution is 0.631. The van der Waals surface area contributed by atoms with Gasteiger partial charge in [0.15, 0.2) is 5.16 Å². The van der Waals surface area contributed by atoms with Gasteiger partial charge >= 0.3 is 0 Å². The molecule has 0 amide bonds. The predicted molar refractivity (Wildman–Crippen MR) is 72.6 cm³/mol. The molecule has 0 saturated heterocycles. The van der Waals surface area contributed by atoms with Gasteiger partial charge in [-0.15, -0.1) is 0 Å². The lowest BCUT2D eigenvalue weighted by Crippen LogP contribution is -2.13. The molecule has 94 valence electrons. The Kier molecular flexibility index (Phi) is 4.28. The highest BCUT2D eigenvalue weighted by atomic mass is 32.2. The number of aromatic nitrogens is 3. The molecule has 0 aromatic carbocycles. The number of pyridine rings is 1. The molecule has 2 aromatic heterocycles. The molecule has 0 bridgehead atoms. The predicted octanol–water partition coefficient (Wildman–Crippen LogP) is 2.61. The zero-order valence-electron chi connectivity index (χ0n) is 10.7. The Hall–Kier alpha value is -1.46. The topological polar surface area (TPSA) is 50.7 Å². The summed E-state index contributed by atoms with van der Waals surface area (Å²) in [6.07, 6.45) is 5.50. The summed E-state index contributed by atoms with van der Waals surface area (Å²) in [6.45, 7) is 4.06. The van der Waals surface area contributed by atoms with E-state index < -0.39 is 0 Å². The molecule has 0 aliphatic heterocycles. The Morgan fingerprint density at radius 2 is 1.83 bits per heavy atom. The van der Waals surface area contributed by atoms with Gasteiger partial charge in [0.1, 0.15) is 0 Å². The Morgan fingerprint density at radius 3 is 2.39 bits per heavy atom. The van der Waals surface area contributed by atoms with Crippen molar-refractivity contribution in [1.82, 2.24) is 20.3 Å². The van der Waals surface area contributed by atoms with Crippen LogP contribution < -0.4 is 5.32 Å². The normalized spacial score (nSPS) is 12.4. The van der Waals surface area contributed by atoms with E-state index in [0.717, 1.165) is 21.3 Å². The van der Waals surface area contributed by atoms with Crippen LogP contribution in [0.5, 0.6) is 0 Å². The maximum atomic E-state index is 4.42. The van der Waals surface area contributed by atoms with Gasteiger partial charge in [-0.2, -0.15) is 0 Å². The Balaban J connectivity index is 2.08. The van der Waals surface area contributed by atoms with Crippen molar-refractivity contribution in [3.8, 4) is 0 Å². The molecule has 0 aliphatic rings. The van der Waals surface area contributed by atoms with E-state index >= 15 is 0 Å². The van der Waals surface area contributed by atoms with Gasteiger partial charge < -0.3 is 5.32 Å².